The van der Waals surface area contributed by atoms with Crippen LogP contribution in [0.5, 0.6) is 0 Å². The molecule has 0 unspecified atom stereocenters. The van der Waals surface area contributed by atoms with E-state index >= 15 is 0 Å². The summed E-state index contributed by atoms with van der Waals surface area (Å²) in [4.78, 5) is 0. The minimum Gasteiger partial charge on any atom is -0.383 e. The highest BCUT2D eigenvalue weighted by atomic mass is 35.5. The van der Waals surface area contributed by atoms with Crippen LogP contribution in [-0.2, 0) is 0 Å². The van der Waals surface area contributed by atoms with Crippen molar-refractivity contribution in [3.05, 3.63) is 71.8 Å². The molecule has 0 saturated heterocycles. The molecule has 3 rings (SSSR count). The fraction of sp³-hybridized carbons (Fsp3) is 0.200. The summed E-state index contributed by atoms with van der Waals surface area (Å²) in [5.74, 6) is 0. The van der Waals surface area contributed by atoms with Crippen molar-refractivity contribution in [2.45, 2.75) is 0 Å². The molecule has 140 valence electrons. The molecule has 0 bridgehead atoms. The maximum Gasteiger partial charge on any atom is 0.0637 e. The van der Waals surface area contributed by atoms with Crippen LogP contribution in [0, 0.1) is 0 Å². The zero-order chi connectivity index (χ0) is 16.6. The molecule has 0 heterocycles. The first-order valence-electron chi connectivity index (χ1n) is 8.25. The third-order valence-electron chi connectivity index (χ3n) is 3.90. The number of benzene rings is 3. The van der Waals surface area contributed by atoms with Gasteiger partial charge in [0.2, 0.25) is 0 Å². The van der Waals surface area contributed by atoms with E-state index in [-0.39, 0.29) is 24.8 Å². The molecule has 3 N–H and O–H groups in total. The predicted molar refractivity (Wildman–Crippen MR) is 120 cm³/mol. The molecule has 0 aromatic heterocycles. The lowest BCUT2D eigenvalue weighted by Gasteiger charge is -2.11. The number of hydrogen-bond acceptors (Lipinski definition) is 3. The monoisotopic (exact) mass is 411 g/mol. The largest absolute Gasteiger partial charge is 0.383 e. The van der Waals surface area contributed by atoms with Crippen LogP contribution >= 0.6 is 36.4 Å². The minimum absolute atomic E-state index is 0. The van der Waals surface area contributed by atoms with E-state index in [1.54, 1.807) is 0 Å². The van der Waals surface area contributed by atoms with Gasteiger partial charge in [0.1, 0.15) is 0 Å². The van der Waals surface area contributed by atoms with E-state index in [0.717, 1.165) is 36.9 Å². The van der Waals surface area contributed by atoms with Crippen molar-refractivity contribution in [1.29, 1.82) is 0 Å². The first-order valence-corrected chi connectivity index (χ1v) is 8.63. The Morgan fingerprint density at radius 2 is 1.19 bits per heavy atom. The van der Waals surface area contributed by atoms with E-state index in [4.69, 9.17) is 11.6 Å². The molecule has 0 fully saturated rings. The number of anilines is 2. The van der Waals surface area contributed by atoms with Crippen molar-refractivity contribution < 1.29 is 0 Å². The molecule has 3 aromatic rings. The zero-order valence-corrected chi connectivity index (χ0v) is 16.8. The molecule has 6 heteroatoms. The summed E-state index contributed by atoms with van der Waals surface area (Å²) in [5.41, 5.74) is 2.17. The molecule has 0 spiro atoms. The molecule has 0 radical (unpaired) electrons. The molecule has 0 amide bonds. The lowest BCUT2D eigenvalue weighted by molar-refractivity contribution is 0.719. The van der Waals surface area contributed by atoms with Crippen molar-refractivity contribution >= 4 is 58.6 Å². The van der Waals surface area contributed by atoms with E-state index < -0.39 is 0 Å². The highest BCUT2D eigenvalue weighted by molar-refractivity contribution is 6.33. The van der Waals surface area contributed by atoms with Gasteiger partial charge in [0.25, 0.3) is 0 Å². The van der Waals surface area contributed by atoms with E-state index in [0.29, 0.717) is 0 Å². The smallest absolute Gasteiger partial charge is 0.0637 e. The van der Waals surface area contributed by atoms with Gasteiger partial charge in [-0.05, 0) is 23.6 Å². The van der Waals surface area contributed by atoms with Gasteiger partial charge in [0.15, 0.2) is 0 Å². The summed E-state index contributed by atoms with van der Waals surface area (Å²) in [6.07, 6.45) is 0. The van der Waals surface area contributed by atoms with E-state index in [9.17, 15) is 0 Å². The van der Waals surface area contributed by atoms with Crippen molar-refractivity contribution in [2.75, 3.05) is 36.8 Å². The minimum atomic E-state index is 0. The number of rotatable bonds is 8. The molecular weight excluding hydrogens is 389 g/mol. The second kappa shape index (κ2) is 11.9. The summed E-state index contributed by atoms with van der Waals surface area (Å²) < 4.78 is 0. The summed E-state index contributed by atoms with van der Waals surface area (Å²) in [7, 11) is 0. The lowest BCUT2D eigenvalue weighted by Crippen LogP contribution is -2.27. The topological polar surface area (TPSA) is 36.1 Å². The van der Waals surface area contributed by atoms with Crippen LogP contribution in [0.25, 0.3) is 10.8 Å². The first-order chi connectivity index (χ1) is 11.8. The van der Waals surface area contributed by atoms with Crippen LogP contribution in [0.4, 0.5) is 11.4 Å². The highest BCUT2D eigenvalue weighted by Gasteiger charge is 1.99. The molecule has 0 aliphatic carbocycles. The maximum atomic E-state index is 6.11. The van der Waals surface area contributed by atoms with Crippen molar-refractivity contribution in [1.82, 2.24) is 5.32 Å². The Labute approximate surface area is 172 Å². The van der Waals surface area contributed by atoms with Crippen LogP contribution in [-0.4, -0.2) is 26.2 Å². The molecule has 0 aliphatic heterocycles. The molecule has 3 aromatic carbocycles. The third-order valence-corrected chi connectivity index (χ3v) is 4.23. The summed E-state index contributed by atoms with van der Waals surface area (Å²) in [5, 5.41) is 13.5. The summed E-state index contributed by atoms with van der Waals surface area (Å²) in [6.45, 7) is 3.54. The normalized spacial score (nSPS) is 9.88. The molecule has 0 saturated carbocycles. The Morgan fingerprint density at radius 3 is 1.96 bits per heavy atom. The molecular formula is C20H24Cl3N3. The Hall–Kier alpha value is -1.65. The second-order valence-corrected chi connectivity index (χ2v) is 6.02. The van der Waals surface area contributed by atoms with Gasteiger partial charge >= 0.3 is 0 Å². The number of nitrogens with one attached hydrogen (secondary N) is 3. The molecule has 0 aliphatic rings. The van der Waals surface area contributed by atoms with Crippen molar-refractivity contribution in [3.63, 3.8) is 0 Å². The van der Waals surface area contributed by atoms with Gasteiger partial charge in [0, 0.05) is 37.3 Å². The molecule has 3 nitrogen and oxygen atoms in total. The van der Waals surface area contributed by atoms with Crippen LogP contribution < -0.4 is 16.0 Å². The Morgan fingerprint density at radius 1 is 0.615 bits per heavy atom. The second-order valence-electron chi connectivity index (χ2n) is 5.61. The Bertz CT molecular complexity index is 791. The number of fused-ring (bicyclic) bond motifs is 1. The van der Waals surface area contributed by atoms with E-state index in [1.807, 2.05) is 24.3 Å². The van der Waals surface area contributed by atoms with Gasteiger partial charge < -0.3 is 16.0 Å². The van der Waals surface area contributed by atoms with Gasteiger partial charge in [-0.3, -0.25) is 0 Å². The van der Waals surface area contributed by atoms with Gasteiger partial charge in [0.05, 0.1) is 10.7 Å². The zero-order valence-electron chi connectivity index (χ0n) is 14.4. The number of hydrogen-bond donors (Lipinski definition) is 3. The highest BCUT2D eigenvalue weighted by Crippen LogP contribution is 2.22. The van der Waals surface area contributed by atoms with Crippen molar-refractivity contribution in [3.8, 4) is 0 Å². The SMILES string of the molecule is Cl.Cl.Clc1ccccc1NCCNCCNc1cccc2ccccc12. The number of para-hydroxylation sites is 1. The van der Waals surface area contributed by atoms with Gasteiger partial charge in [-0.1, -0.05) is 60.1 Å². The van der Waals surface area contributed by atoms with E-state index in [2.05, 4.69) is 58.4 Å². The van der Waals surface area contributed by atoms with Crippen LogP contribution in [0.3, 0.4) is 0 Å². The predicted octanol–water partition coefficient (Wildman–Crippen LogP) is 5.45. The first kappa shape index (κ1) is 22.4. The average molecular weight is 413 g/mol. The van der Waals surface area contributed by atoms with Gasteiger partial charge in [-0.2, -0.15) is 0 Å². The third kappa shape index (κ3) is 6.26. The standard InChI is InChI=1S/C20H22ClN3.2ClH/c21-18-9-3-4-10-20(18)24-15-13-22-12-14-23-19-11-5-7-16-6-1-2-8-17(16)19;;/h1-11,22-24H,12-15H2;2*1H. The quantitative estimate of drug-likeness (QED) is 0.430. The van der Waals surface area contributed by atoms with Crippen molar-refractivity contribution in [2.24, 2.45) is 0 Å². The van der Waals surface area contributed by atoms with E-state index in [1.165, 1.54) is 16.5 Å². The molecule has 26 heavy (non-hydrogen) atoms. The maximum absolute atomic E-state index is 6.11. The van der Waals surface area contributed by atoms with Gasteiger partial charge in [-0.25, -0.2) is 0 Å². The van der Waals surface area contributed by atoms with Gasteiger partial charge in [-0.15, -0.1) is 24.8 Å². The lowest BCUT2D eigenvalue weighted by atomic mass is 10.1. The Kier molecular flexibility index (Phi) is 10.2. The van der Waals surface area contributed by atoms with Crippen LogP contribution in [0.15, 0.2) is 66.7 Å². The summed E-state index contributed by atoms with van der Waals surface area (Å²) >= 11 is 6.11. The summed E-state index contributed by atoms with van der Waals surface area (Å²) in [6, 6.07) is 22.6. The fourth-order valence-electron chi connectivity index (χ4n) is 2.68. The fourth-order valence-corrected chi connectivity index (χ4v) is 2.88. The van der Waals surface area contributed by atoms with Crippen LogP contribution in [0.1, 0.15) is 0 Å². The Balaban J connectivity index is 0.00000169. The number of halogens is 3. The molecule has 0 atom stereocenters. The van der Waals surface area contributed by atoms with Crippen LogP contribution in [0.2, 0.25) is 5.02 Å². The average Bonchev–Trinajstić information content (AvgIpc) is 2.62.